The van der Waals surface area contributed by atoms with Crippen molar-refractivity contribution >= 4 is 41.0 Å². The lowest BCUT2D eigenvalue weighted by Gasteiger charge is -2.14. The third-order valence-electron chi connectivity index (χ3n) is 5.34. The number of benzene rings is 1. The smallest absolute Gasteiger partial charge is 0.258 e. The topological polar surface area (TPSA) is 77.3 Å². The molecule has 4 heterocycles. The van der Waals surface area contributed by atoms with Crippen molar-refractivity contribution in [3.63, 3.8) is 0 Å². The maximum Gasteiger partial charge on any atom is 0.258 e. The Morgan fingerprint density at radius 1 is 1.08 bits per heavy atom. The maximum atomic E-state index is 12.7. The summed E-state index contributed by atoms with van der Waals surface area (Å²) in [5.74, 6) is -1.15. The third kappa shape index (κ3) is 2.31. The molecule has 0 spiro atoms. The van der Waals surface area contributed by atoms with Crippen LogP contribution in [0.15, 0.2) is 24.5 Å². The maximum absolute atomic E-state index is 12.7. The van der Waals surface area contributed by atoms with E-state index in [0.717, 1.165) is 23.3 Å². The van der Waals surface area contributed by atoms with Crippen molar-refractivity contribution in [2.24, 2.45) is 11.8 Å². The quantitative estimate of drug-likeness (QED) is 0.748. The van der Waals surface area contributed by atoms with Crippen LogP contribution in [-0.2, 0) is 20.9 Å². The van der Waals surface area contributed by atoms with Crippen molar-refractivity contribution in [2.45, 2.75) is 31.6 Å². The minimum absolute atomic E-state index is 0.119. The van der Waals surface area contributed by atoms with Crippen molar-refractivity contribution < 1.29 is 14.3 Å². The molecule has 3 aliphatic heterocycles. The Morgan fingerprint density at radius 2 is 1.77 bits per heavy atom. The number of rotatable bonds is 3. The van der Waals surface area contributed by atoms with Crippen LogP contribution in [0.4, 0.5) is 5.95 Å². The molecule has 26 heavy (non-hydrogen) atoms. The molecular weight excluding hydrogens is 379 g/mol. The zero-order chi connectivity index (χ0) is 18.0. The standard InChI is InChI=1S/C17H14Cl2N4O3/c18-9-2-1-8(5-10(9)19)6-22-7-20-17(21-22)23-15(24)13-11-3-4-12(26-11)14(13)16(23)25/h1-2,5,7,11-14H,3-4,6H2/t11-,12-,13-,14-/m1/s1. The van der Waals surface area contributed by atoms with E-state index in [2.05, 4.69) is 10.1 Å². The molecule has 2 aromatic rings. The molecule has 3 aliphatic rings. The van der Waals surface area contributed by atoms with Crippen LogP contribution in [0.5, 0.6) is 0 Å². The van der Waals surface area contributed by atoms with Crippen LogP contribution in [0.1, 0.15) is 18.4 Å². The second kappa shape index (κ2) is 5.77. The largest absolute Gasteiger partial charge is 0.373 e. The minimum atomic E-state index is -0.386. The molecule has 3 saturated heterocycles. The SMILES string of the molecule is O=C1[C@H]2[C@H](C(=O)N1c1ncn(Cc3ccc(Cl)c(Cl)c3)n1)[C@H]1CC[C@H]2O1. The predicted molar refractivity (Wildman–Crippen MR) is 93.0 cm³/mol. The first-order valence-corrected chi connectivity index (χ1v) is 9.15. The normalized spacial score (nSPS) is 29.7. The van der Waals surface area contributed by atoms with Gasteiger partial charge in [-0.2, -0.15) is 4.98 Å². The number of ether oxygens (including phenoxy) is 1. The number of halogens is 2. The molecule has 0 N–H and O–H groups in total. The van der Waals surface area contributed by atoms with Crippen LogP contribution in [0.2, 0.25) is 10.0 Å². The molecule has 5 rings (SSSR count). The summed E-state index contributed by atoms with van der Waals surface area (Å²) >= 11 is 12.0. The number of aromatic nitrogens is 3. The molecule has 0 saturated carbocycles. The first-order valence-electron chi connectivity index (χ1n) is 8.39. The number of imide groups is 1. The van der Waals surface area contributed by atoms with Crippen LogP contribution in [-0.4, -0.2) is 38.8 Å². The summed E-state index contributed by atoms with van der Waals surface area (Å²) in [7, 11) is 0. The van der Waals surface area contributed by atoms with E-state index in [1.807, 2.05) is 6.07 Å². The van der Waals surface area contributed by atoms with Crippen LogP contribution in [0.25, 0.3) is 0 Å². The Bertz CT molecular complexity index is 902. The number of carbonyl (C=O) groups excluding carboxylic acids is 2. The van der Waals surface area contributed by atoms with E-state index in [4.69, 9.17) is 27.9 Å². The second-order valence-corrected chi connectivity index (χ2v) is 7.66. The summed E-state index contributed by atoms with van der Waals surface area (Å²) in [4.78, 5) is 30.8. The molecule has 0 unspecified atom stereocenters. The summed E-state index contributed by atoms with van der Waals surface area (Å²) < 4.78 is 7.30. The number of anilines is 1. The lowest BCUT2D eigenvalue weighted by molar-refractivity contribution is -0.124. The number of nitrogens with zero attached hydrogens (tertiary/aromatic N) is 4. The molecule has 2 amide bonds. The highest BCUT2D eigenvalue weighted by atomic mass is 35.5. The van der Waals surface area contributed by atoms with Gasteiger partial charge in [-0.05, 0) is 30.5 Å². The molecule has 2 bridgehead atoms. The van der Waals surface area contributed by atoms with Gasteiger partial charge in [0.25, 0.3) is 5.95 Å². The van der Waals surface area contributed by atoms with Gasteiger partial charge in [0.05, 0.1) is 40.6 Å². The number of hydrogen-bond donors (Lipinski definition) is 0. The van der Waals surface area contributed by atoms with Gasteiger partial charge in [0.2, 0.25) is 11.8 Å². The van der Waals surface area contributed by atoms with Crippen molar-refractivity contribution in [3.8, 4) is 0 Å². The Balaban J connectivity index is 1.39. The minimum Gasteiger partial charge on any atom is -0.373 e. The van der Waals surface area contributed by atoms with Gasteiger partial charge in [0, 0.05) is 0 Å². The summed E-state index contributed by atoms with van der Waals surface area (Å²) in [6.45, 7) is 0.404. The van der Waals surface area contributed by atoms with Crippen molar-refractivity contribution in [2.75, 3.05) is 4.90 Å². The molecule has 1 aromatic heterocycles. The van der Waals surface area contributed by atoms with E-state index in [1.54, 1.807) is 16.8 Å². The molecule has 0 aliphatic carbocycles. The van der Waals surface area contributed by atoms with Crippen LogP contribution >= 0.6 is 23.2 Å². The Hall–Kier alpha value is -1.96. The van der Waals surface area contributed by atoms with Gasteiger partial charge in [-0.25, -0.2) is 9.58 Å². The fourth-order valence-electron chi connectivity index (χ4n) is 4.20. The molecular formula is C17H14Cl2N4O3. The highest BCUT2D eigenvalue weighted by Gasteiger charge is 2.63. The molecule has 7 nitrogen and oxygen atoms in total. The van der Waals surface area contributed by atoms with Gasteiger partial charge in [0.1, 0.15) is 6.33 Å². The molecule has 134 valence electrons. The highest BCUT2D eigenvalue weighted by molar-refractivity contribution is 6.42. The lowest BCUT2D eigenvalue weighted by Crippen LogP contribution is -2.35. The van der Waals surface area contributed by atoms with Crippen molar-refractivity contribution in [1.82, 2.24) is 14.8 Å². The molecule has 4 atom stereocenters. The van der Waals surface area contributed by atoms with Gasteiger partial charge >= 0.3 is 0 Å². The van der Waals surface area contributed by atoms with Gasteiger partial charge in [-0.3, -0.25) is 9.59 Å². The van der Waals surface area contributed by atoms with E-state index in [-0.39, 0.29) is 41.8 Å². The van der Waals surface area contributed by atoms with Gasteiger partial charge in [0.15, 0.2) is 0 Å². The van der Waals surface area contributed by atoms with Crippen LogP contribution < -0.4 is 4.90 Å². The first-order chi connectivity index (χ1) is 12.5. The lowest BCUT2D eigenvalue weighted by atomic mass is 9.81. The summed E-state index contributed by atoms with van der Waals surface area (Å²) in [6, 6.07) is 5.29. The van der Waals surface area contributed by atoms with E-state index >= 15 is 0 Å². The van der Waals surface area contributed by atoms with E-state index in [0.29, 0.717) is 16.6 Å². The van der Waals surface area contributed by atoms with E-state index in [1.165, 1.54) is 6.33 Å². The molecule has 1 aromatic carbocycles. The first kappa shape index (κ1) is 16.2. The van der Waals surface area contributed by atoms with Crippen molar-refractivity contribution in [3.05, 3.63) is 40.1 Å². The zero-order valence-electron chi connectivity index (χ0n) is 13.5. The highest BCUT2D eigenvalue weighted by Crippen LogP contribution is 2.48. The van der Waals surface area contributed by atoms with Crippen LogP contribution in [0.3, 0.4) is 0 Å². The number of amides is 2. The van der Waals surface area contributed by atoms with Gasteiger partial charge in [-0.1, -0.05) is 29.3 Å². The predicted octanol–water partition coefficient (Wildman–Crippen LogP) is 2.30. The monoisotopic (exact) mass is 392 g/mol. The summed E-state index contributed by atoms with van der Waals surface area (Å²) in [5.41, 5.74) is 0.887. The van der Waals surface area contributed by atoms with E-state index in [9.17, 15) is 9.59 Å². The Labute approximate surface area is 158 Å². The fourth-order valence-corrected chi connectivity index (χ4v) is 4.52. The molecule has 0 radical (unpaired) electrons. The second-order valence-electron chi connectivity index (χ2n) is 6.84. The average Bonchev–Trinajstić information content (AvgIpc) is 3.36. The molecule has 9 heteroatoms. The van der Waals surface area contributed by atoms with E-state index < -0.39 is 0 Å². The van der Waals surface area contributed by atoms with Gasteiger partial charge in [-0.15, -0.1) is 5.10 Å². The van der Waals surface area contributed by atoms with Crippen LogP contribution in [0, 0.1) is 11.8 Å². The average molecular weight is 393 g/mol. The summed E-state index contributed by atoms with van der Waals surface area (Å²) in [6.07, 6.45) is 2.86. The third-order valence-corrected chi connectivity index (χ3v) is 6.08. The van der Waals surface area contributed by atoms with Gasteiger partial charge < -0.3 is 4.74 Å². The summed E-state index contributed by atoms with van der Waals surface area (Å²) in [5, 5.41) is 5.25. The fraction of sp³-hybridized carbons (Fsp3) is 0.412. The zero-order valence-corrected chi connectivity index (χ0v) is 15.0. The number of carbonyl (C=O) groups is 2. The molecule has 3 fully saturated rings. The van der Waals surface area contributed by atoms with Crippen molar-refractivity contribution in [1.29, 1.82) is 0 Å². The number of hydrogen-bond acceptors (Lipinski definition) is 5. The number of fused-ring (bicyclic) bond motifs is 5. The Kier molecular flexibility index (Phi) is 3.60. The Morgan fingerprint density at radius 3 is 2.42 bits per heavy atom.